The van der Waals surface area contributed by atoms with Crippen LogP contribution in [0.1, 0.15) is 86.6 Å². The van der Waals surface area contributed by atoms with Gasteiger partial charge in [-0.1, -0.05) is 39.3 Å². The van der Waals surface area contributed by atoms with E-state index in [9.17, 15) is 0 Å². The fourth-order valence-corrected chi connectivity index (χ4v) is 9.27. The second-order valence-corrected chi connectivity index (χ2v) is 18.0. The van der Waals surface area contributed by atoms with Crippen molar-refractivity contribution in [2.45, 2.75) is 71.6 Å². The van der Waals surface area contributed by atoms with Crippen LogP contribution in [0.2, 0.25) is 0 Å². The molecule has 5 aromatic rings. The van der Waals surface area contributed by atoms with E-state index in [1.165, 1.54) is 18.4 Å². The van der Waals surface area contributed by atoms with Gasteiger partial charge in [0.1, 0.15) is 0 Å². The molecule has 1 fully saturated rings. The molecule has 0 aromatic heterocycles. The Hall–Kier alpha value is -8.60. The van der Waals surface area contributed by atoms with Gasteiger partial charge in [-0.15, -0.1) is 12.3 Å². The molecule has 20 nitrogen and oxygen atoms in total. The zero-order chi connectivity index (χ0) is 57.5. The van der Waals surface area contributed by atoms with Gasteiger partial charge in [0.05, 0.1) is 71.1 Å². The number of hydrogen-bond donors (Lipinski definition) is 0. The van der Waals surface area contributed by atoms with Crippen LogP contribution < -0.4 is 94.7 Å². The van der Waals surface area contributed by atoms with E-state index in [-0.39, 0.29) is 34.0 Å². The molecule has 0 bridgehead atoms. The number of rotatable bonds is 16. The molecule has 1 saturated carbocycles. The summed E-state index contributed by atoms with van der Waals surface area (Å²) in [7, 11) is 16.1. The van der Waals surface area contributed by atoms with Crippen molar-refractivity contribution in [1.82, 2.24) is 0 Å². The van der Waals surface area contributed by atoms with E-state index in [1.807, 2.05) is 49.4 Å². The number of benzene rings is 5. The van der Waals surface area contributed by atoms with Gasteiger partial charge in [0.2, 0.25) is 91.5 Å². The molecule has 0 amide bonds. The summed E-state index contributed by atoms with van der Waals surface area (Å²) in [6.45, 7) is 9.39. The molecule has 432 valence electrons. The lowest BCUT2D eigenvalue weighted by atomic mass is 10.0. The Labute approximate surface area is 467 Å². The average molecular weight is 1110 g/mol. The lowest BCUT2D eigenvalue weighted by Crippen LogP contribution is -1.98. The molecule has 6 aliphatic rings. The first-order valence-corrected chi connectivity index (χ1v) is 25.7. The normalized spacial score (nSPS) is 13.7. The van der Waals surface area contributed by atoms with E-state index in [2.05, 4.69) is 26.7 Å². The van der Waals surface area contributed by atoms with Gasteiger partial charge in [-0.2, -0.15) is 0 Å². The van der Waals surface area contributed by atoms with Crippen molar-refractivity contribution in [2.75, 3.05) is 105 Å². The fourth-order valence-electron chi connectivity index (χ4n) is 9.27. The molecular weight excluding hydrogens is 1040 g/mol. The first-order valence-electron chi connectivity index (χ1n) is 25.7. The monoisotopic (exact) mass is 1110 g/mol. The van der Waals surface area contributed by atoms with Gasteiger partial charge in [0.15, 0.2) is 57.5 Å². The van der Waals surface area contributed by atoms with Crippen molar-refractivity contribution in [1.29, 1.82) is 0 Å². The van der Waals surface area contributed by atoms with Crippen molar-refractivity contribution >= 4 is 6.08 Å². The summed E-state index contributed by atoms with van der Waals surface area (Å²) in [4.78, 5) is 0. The molecule has 0 radical (unpaired) electrons. The van der Waals surface area contributed by atoms with Crippen LogP contribution in [0.25, 0.3) is 6.08 Å². The highest BCUT2D eigenvalue weighted by molar-refractivity contribution is 5.72. The molecule has 5 heterocycles. The van der Waals surface area contributed by atoms with Crippen LogP contribution in [0.15, 0.2) is 36.4 Å². The van der Waals surface area contributed by atoms with Gasteiger partial charge < -0.3 is 94.7 Å². The van der Waals surface area contributed by atoms with E-state index in [0.717, 1.165) is 69.6 Å². The number of ether oxygens (including phenoxy) is 20. The van der Waals surface area contributed by atoms with Crippen LogP contribution >= 0.6 is 0 Å². The zero-order valence-electron chi connectivity index (χ0n) is 48.0. The van der Waals surface area contributed by atoms with Crippen LogP contribution in [0.4, 0.5) is 0 Å². The van der Waals surface area contributed by atoms with Crippen LogP contribution in [-0.2, 0) is 12.8 Å². The Bertz CT molecular complexity index is 2940. The molecule has 5 aromatic carbocycles. The van der Waals surface area contributed by atoms with Crippen molar-refractivity contribution in [2.24, 2.45) is 0 Å². The van der Waals surface area contributed by atoms with E-state index in [1.54, 1.807) is 71.1 Å². The van der Waals surface area contributed by atoms with Gasteiger partial charge in [0.25, 0.3) is 0 Å². The molecule has 0 atom stereocenters. The number of hydrogen-bond acceptors (Lipinski definition) is 20. The number of fused-ring (bicyclic) bond motifs is 5. The highest BCUT2D eigenvalue weighted by atomic mass is 16.7. The number of methoxy groups -OCH3 is 10. The molecule has 5 aliphatic heterocycles. The number of allylic oxidation sites excluding steroid dienone is 1. The third-order valence-electron chi connectivity index (χ3n) is 12.9. The minimum atomic E-state index is 0.189. The Kier molecular flexibility index (Phi) is 20.5. The summed E-state index contributed by atoms with van der Waals surface area (Å²) in [6.07, 6.45) is 14.0. The Morgan fingerprint density at radius 1 is 0.463 bits per heavy atom. The lowest BCUT2D eigenvalue weighted by Gasteiger charge is -2.16. The molecule has 1 aliphatic carbocycles. The number of aryl methyl sites for hydroxylation is 1. The van der Waals surface area contributed by atoms with E-state index in [4.69, 9.17) is 101 Å². The summed E-state index contributed by atoms with van der Waals surface area (Å²) >= 11 is 0. The molecule has 0 saturated heterocycles. The predicted molar refractivity (Wildman–Crippen MR) is 296 cm³/mol. The van der Waals surface area contributed by atoms with Crippen LogP contribution in [0, 0.1) is 12.3 Å². The second kappa shape index (κ2) is 27.8. The van der Waals surface area contributed by atoms with Crippen molar-refractivity contribution < 1.29 is 94.7 Å². The Morgan fingerprint density at radius 3 is 1.21 bits per heavy atom. The summed E-state index contributed by atoms with van der Waals surface area (Å²) in [5.74, 6) is 16.6. The Morgan fingerprint density at radius 2 is 0.825 bits per heavy atom. The van der Waals surface area contributed by atoms with Crippen LogP contribution in [0.3, 0.4) is 0 Å². The van der Waals surface area contributed by atoms with Gasteiger partial charge in [-0.05, 0) is 68.4 Å². The highest BCUT2D eigenvalue weighted by Crippen LogP contribution is 2.56. The number of terminal acetylenes is 1. The molecule has 0 unspecified atom stereocenters. The highest BCUT2D eigenvalue weighted by Gasteiger charge is 2.34. The maximum atomic E-state index is 5.43. The average Bonchev–Trinajstić information content (AvgIpc) is 4.09. The van der Waals surface area contributed by atoms with E-state index < -0.39 is 0 Å². The maximum absolute atomic E-state index is 5.43. The van der Waals surface area contributed by atoms with Gasteiger partial charge >= 0.3 is 0 Å². The van der Waals surface area contributed by atoms with Crippen molar-refractivity contribution in [3.8, 4) is 127 Å². The SMILES string of the molecule is C#CCc1cc2c(c(OC)c1OC)OCO2.C/C=C/c1cc2c(c(OC)c1OC)OCO2.CCCc1cc2c(c(OC)c1OC)OCO2.COc1c(C(C)C)cc2c(c1OC)OCO2.COc1c(C2CC2)cc2c(c1OC)OCO2. The first-order chi connectivity index (χ1) is 39.0. The lowest BCUT2D eigenvalue weighted by molar-refractivity contribution is 0.170. The minimum Gasteiger partial charge on any atom is -0.492 e. The molecule has 0 spiro atoms. The van der Waals surface area contributed by atoms with E-state index >= 15 is 0 Å². The second-order valence-electron chi connectivity index (χ2n) is 18.0. The standard InChI is InChI=1S/C12H14O4.2C12H16O4.C12H14O4.C12H12O4/c1-13-10-8(7-3-4-7)5-9-11(12(10)14-2)16-6-15-9;1-7(2)8-5-9-11(16-6-15-9)12(14-4)10(8)13-3;3*1-4-5-8-6-9-11(16-7-15-9)12(14-3)10(8)13-2/h5,7H,3-4,6H2,1-2H3;5,7H,6H2,1-4H3;6H,4-5,7H2,1-3H3;4-6H,7H2,1-3H3;1,6H,5,7H2,2-3H3/b;;;5-4+;. The topological polar surface area (TPSA) is 185 Å². The fraction of sp³-hybridized carbons (Fsp3) is 0.433. The quantitative estimate of drug-likeness (QED) is 0.0849. The van der Waals surface area contributed by atoms with Gasteiger partial charge in [-0.3, -0.25) is 0 Å². The van der Waals surface area contributed by atoms with E-state index in [0.29, 0.717) is 98.7 Å². The molecule has 11 rings (SSSR count). The summed E-state index contributed by atoms with van der Waals surface area (Å²) in [5.41, 5.74) is 5.08. The summed E-state index contributed by atoms with van der Waals surface area (Å²) in [6, 6.07) is 9.64. The smallest absolute Gasteiger partial charge is 0.231 e. The first kappa shape index (κ1) is 59.1. The molecule has 0 N–H and O–H groups in total. The maximum Gasteiger partial charge on any atom is 0.231 e. The third-order valence-corrected chi connectivity index (χ3v) is 12.9. The van der Waals surface area contributed by atoms with Crippen molar-refractivity contribution in [3.63, 3.8) is 0 Å². The molecular formula is C60H72O20. The van der Waals surface area contributed by atoms with Gasteiger partial charge in [0, 0.05) is 34.2 Å². The molecule has 80 heavy (non-hydrogen) atoms. The zero-order valence-corrected chi connectivity index (χ0v) is 48.0. The predicted octanol–water partition coefficient (Wildman–Crippen LogP) is 11.3. The Balaban J connectivity index is 0.000000144. The minimum absolute atomic E-state index is 0.189. The van der Waals surface area contributed by atoms with Crippen LogP contribution in [-0.4, -0.2) is 105 Å². The van der Waals surface area contributed by atoms with Crippen molar-refractivity contribution in [3.05, 3.63) is 64.2 Å². The summed E-state index contributed by atoms with van der Waals surface area (Å²) < 4.78 is 107. The largest absolute Gasteiger partial charge is 0.492 e. The van der Waals surface area contributed by atoms with Crippen LogP contribution in [0.5, 0.6) is 115 Å². The molecule has 20 heteroatoms. The van der Waals surface area contributed by atoms with Gasteiger partial charge in [-0.25, -0.2) is 0 Å². The third kappa shape index (κ3) is 12.5. The summed E-state index contributed by atoms with van der Waals surface area (Å²) in [5, 5.41) is 0.